The highest BCUT2D eigenvalue weighted by atomic mass is 35.5. The van der Waals surface area contributed by atoms with E-state index < -0.39 is 0 Å². The zero-order valence-corrected chi connectivity index (χ0v) is 15.6. The predicted octanol–water partition coefficient (Wildman–Crippen LogP) is 5.75. The Balaban J connectivity index is 1.76. The summed E-state index contributed by atoms with van der Waals surface area (Å²) in [5.74, 6) is 0.417. The highest BCUT2D eigenvalue weighted by molar-refractivity contribution is 6.30. The summed E-state index contributed by atoms with van der Waals surface area (Å²) in [5.41, 5.74) is 1.89. The van der Waals surface area contributed by atoms with Crippen LogP contribution in [0.2, 0.25) is 10.0 Å². The molecule has 1 saturated heterocycles. The standard InChI is InChI=1S/C21H21Cl2NO/c1-21-12-2-3-17(20(21)25)18(13-4-8-15(22)9-5-13)24-19(21)14-6-10-16(23)11-7-14/h4-11,17-19,24H,2-3,12H2,1H3. The van der Waals surface area contributed by atoms with E-state index in [-0.39, 0.29) is 23.4 Å². The normalized spacial score (nSPS) is 31.8. The minimum absolute atomic E-state index is 0.00510. The Bertz CT molecular complexity index is 787. The van der Waals surface area contributed by atoms with Gasteiger partial charge in [0.25, 0.3) is 0 Å². The van der Waals surface area contributed by atoms with Crippen molar-refractivity contribution in [2.75, 3.05) is 0 Å². The maximum absolute atomic E-state index is 13.3. The van der Waals surface area contributed by atoms with Crippen molar-refractivity contribution in [1.82, 2.24) is 5.32 Å². The summed E-state index contributed by atoms with van der Waals surface area (Å²) in [6.07, 6.45) is 2.96. The van der Waals surface area contributed by atoms with Crippen LogP contribution in [-0.4, -0.2) is 5.78 Å². The van der Waals surface area contributed by atoms with Crippen molar-refractivity contribution in [3.05, 3.63) is 69.7 Å². The number of carbonyl (C=O) groups is 1. The summed E-state index contributed by atoms with van der Waals surface area (Å²) in [6, 6.07) is 15.8. The summed E-state index contributed by atoms with van der Waals surface area (Å²) in [4.78, 5) is 13.3. The lowest BCUT2D eigenvalue weighted by molar-refractivity contribution is -0.144. The van der Waals surface area contributed by atoms with Gasteiger partial charge in [0.05, 0.1) is 0 Å². The first-order valence-corrected chi connectivity index (χ1v) is 9.56. The second-order valence-corrected chi connectivity index (χ2v) is 8.33. The Labute approximate surface area is 158 Å². The highest BCUT2D eigenvalue weighted by Gasteiger charge is 2.53. The van der Waals surface area contributed by atoms with Gasteiger partial charge < -0.3 is 5.32 Å². The highest BCUT2D eigenvalue weighted by Crippen LogP contribution is 2.53. The van der Waals surface area contributed by atoms with E-state index in [4.69, 9.17) is 23.2 Å². The van der Waals surface area contributed by atoms with Crippen LogP contribution in [0, 0.1) is 11.3 Å². The van der Waals surface area contributed by atoms with Crippen LogP contribution in [-0.2, 0) is 4.79 Å². The number of rotatable bonds is 2. The van der Waals surface area contributed by atoms with E-state index in [9.17, 15) is 4.79 Å². The fourth-order valence-electron chi connectivity index (χ4n) is 4.57. The first kappa shape index (κ1) is 17.1. The van der Waals surface area contributed by atoms with Crippen LogP contribution in [0.1, 0.15) is 49.4 Å². The van der Waals surface area contributed by atoms with Gasteiger partial charge in [0.1, 0.15) is 5.78 Å². The van der Waals surface area contributed by atoms with E-state index in [1.807, 2.05) is 48.5 Å². The lowest BCUT2D eigenvalue weighted by Crippen LogP contribution is -2.56. The molecule has 1 aliphatic heterocycles. The molecule has 0 radical (unpaired) electrons. The van der Waals surface area contributed by atoms with Gasteiger partial charge in [-0.05, 0) is 48.2 Å². The Morgan fingerprint density at radius 1 is 0.960 bits per heavy atom. The van der Waals surface area contributed by atoms with Crippen molar-refractivity contribution < 1.29 is 4.79 Å². The molecule has 4 rings (SSSR count). The molecule has 4 unspecified atom stereocenters. The molecule has 0 amide bonds. The molecule has 1 saturated carbocycles. The zero-order valence-electron chi connectivity index (χ0n) is 14.1. The zero-order chi connectivity index (χ0) is 17.6. The first-order valence-electron chi connectivity index (χ1n) is 8.80. The topological polar surface area (TPSA) is 29.1 Å². The van der Waals surface area contributed by atoms with Gasteiger partial charge in [0, 0.05) is 33.5 Å². The number of hydrogen-bond acceptors (Lipinski definition) is 2. The van der Waals surface area contributed by atoms with Crippen molar-refractivity contribution in [1.29, 1.82) is 0 Å². The fourth-order valence-corrected chi connectivity index (χ4v) is 4.82. The second kappa shape index (κ2) is 6.42. The number of benzene rings is 2. The Hall–Kier alpha value is -1.35. The Morgan fingerprint density at radius 2 is 1.52 bits per heavy atom. The predicted molar refractivity (Wildman–Crippen MR) is 102 cm³/mol. The average Bonchev–Trinajstić information content (AvgIpc) is 2.59. The number of piperidine rings is 1. The minimum Gasteiger partial charge on any atom is -0.301 e. The van der Waals surface area contributed by atoms with Gasteiger partial charge in [0.15, 0.2) is 0 Å². The SMILES string of the molecule is CC12CCCC(C1=O)C(c1ccc(Cl)cc1)NC2c1ccc(Cl)cc1. The summed E-state index contributed by atoms with van der Waals surface area (Å²) in [6.45, 7) is 2.12. The third-order valence-corrected chi connectivity index (χ3v) is 6.43. The minimum atomic E-state index is -0.361. The molecule has 0 spiro atoms. The molecule has 4 atom stereocenters. The maximum Gasteiger partial charge on any atom is 0.145 e. The van der Waals surface area contributed by atoms with Crippen LogP contribution in [0.15, 0.2) is 48.5 Å². The summed E-state index contributed by atoms with van der Waals surface area (Å²) >= 11 is 12.1. The molecule has 2 nitrogen and oxygen atoms in total. The van der Waals surface area contributed by atoms with E-state index >= 15 is 0 Å². The molecule has 0 aromatic heterocycles. The second-order valence-electron chi connectivity index (χ2n) is 7.46. The largest absolute Gasteiger partial charge is 0.301 e. The third kappa shape index (κ3) is 2.91. The average molecular weight is 374 g/mol. The van der Waals surface area contributed by atoms with E-state index in [2.05, 4.69) is 12.2 Å². The number of ketones is 1. The van der Waals surface area contributed by atoms with E-state index in [0.29, 0.717) is 15.8 Å². The quantitative estimate of drug-likeness (QED) is 0.725. The van der Waals surface area contributed by atoms with Gasteiger partial charge in [-0.3, -0.25) is 4.79 Å². The molecule has 2 fully saturated rings. The number of hydrogen-bond donors (Lipinski definition) is 1. The molecular formula is C21H21Cl2NO. The van der Waals surface area contributed by atoms with Crippen LogP contribution < -0.4 is 5.32 Å². The summed E-state index contributed by atoms with van der Waals surface area (Å²) in [7, 11) is 0. The lowest BCUT2D eigenvalue weighted by atomic mass is 9.59. The van der Waals surface area contributed by atoms with Gasteiger partial charge in [-0.1, -0.05) is 60.8 Å². The molecule has 2 aliphatic rings. The third-order valence-electron chi connectivity index (χ3n) is 5.93. The number of nitrogens with one attached hydrogen (secondary N) is 1. The van der Waals surface area contributed by atoms with Crippen LogP contribution >= 0.6 is 23.2 Å². The van der Waals surface area contributed by atoms with Gasteiger partial charge >= 0.3 is 0 Å². The molecule has 2 aromatic carbocycles. The summed E-state index contributed by atoms with van der Waals surface area (Å²) < 4.78 is 0. The van der Waals surface area contributed by atoms with Crippen LogP contribution in [0.5, 0.6) is 0 Å². The van der Waals surface area contributed by atoms with Crippen molar-refractivity contribution in [2.24, 2.45) is 11.3 Å². The Kier molecular flexibility index (Phi) is 4.39. The number of Topliss-reactive ketones (excluding diaryl/α,β-unsaturated/α-hetero) is 1. The van der Waals surface area contributed by atoms with Crippen LogP contribution in [0.3, 0.4) is 0 Å². The van der Waals surface area contributed by atoms with Crippen molar-refractivity contribution >= 4 is 29.0 Å². The first-order chi connectivity index (χ1) is 12.0. The van der Waals surface area contributed by atoms with Crippen molar-refractivity contribution in [2.45, 2.75) is 38.3 Å². The molecule has 130 valence electrons. The van der Waals surface area contributed by atoms with Gasteiger partial charge in [-0.15, -0.1) is 0 Å². The maximum atomic E-state index is 13.3. The van der Waals surface area contributed by atoms with Crippen molar-refractivity contribution in [3.8, 4) is 0 Å². The number of fused-ring (bicyclic) bond motifs is 2. The molecular weight excluding hydrogens is 353 g/mol. The molecule has 1 aliphatic carbocycles. The van der Waals surface area contributed by atoms with Crippen LogP contribution in [0.25, 0.3) is 0 Å². The van der Waals surface area contributed by atoms with Gasteiger partial charge in [-0.2, -0.15) is 0 Å². The van der Waals surface area contributed by atoms with Gasteiger partial charge in [-0.25, -0.2) is 0 Å². The summed E-state index contributed by atoms with van der Waals surface area (Å²) in [5, 5.41) is 5.22. The number of carbonyl (C=O) groups excluding carboxylic acids is 1. The van der Waals surface area contributed by atoms with Gasteiger partial charge in [0.2, 0.25) is 0 Å². The molecule has 25 heavy (non-hydrogen) atoms. The number of halogens is 2. The lowest BCUT2D eigenvalue weighted by Gasteiger charge is -2.51. The fraction of sp³-hybridized carbons (Fsp3) is 0.381. The van der Waals surface area contributed by atoms with Crippen LogP contribution in [0.4, 0.5) is 0 Å². The molecule has 4 heteroatoms. The van der Waals surface area contributed by atoms with E-state index in [1.54, 1.807) is 0 Å². The van der Waals surface area contributed by atoms with E-state index in [0.717, 1.165) is 30.4 Å². The Morgan fingerprint density at radius 3 is 2.12 bits per heavy atom. The molecule has 2 bridgehead atoms. The smallest absolute Gasteiger partial charge is 0.145 e. The van der Waals surface area contributed by atoms with Crippen molar-refractivity contribution in [3.63, 3.8) is 0 Å². The molecule has 1 N–H and O–H groups in total. The van der Waals surface area contributed by atoms with E-state index in [1.165, 1.54) is 0 Å². The molecule has 2 aromatic rings. The molecule has 1 heterocycles. The monoisotopic (exact) mass is 373 g/mol.